The molecule has 1 N–H and O–H groups in total. The van der Waals surface area contributed by atoms with Gasteiger partial charge in [0.25, 0.3) is 5.91 Å². The molecule has 21 heavy (non-hydrogen) atoms. The Morgan fingerprint density at radius 2 is 2.05 bits per heavy atom. The number of carbonyl (C=O) groups is 2. The Labute approximate surface area is 123 Å². The summed E-state index contributed by atoms with van der Waals surface area (Å²) in [5.74, 6) is -1.16. The highest BCUT2D eigenvalue weighted by Crippen LogP contribution is 2.31. The van der Waals surface area contributed by atoms with E-state index in [0.717, 1.165) is 24.0 Å². The fourth-order valence-electron chi connectivity index (χ4n) is 3.19. The zero-order valence-electron chi connectivity index (χ0n) is 11.8. The molecule has 1 saturated heterocycles. The summed E-state index contributed by atoms with van der Waals surface area (Å²) in [6.45, 7) is 1.02. The average molecular weight is 289 g/mol. The minimum absolute atomic E-state index is 0.184. The van der Waals surface area contributed by atoms with E-state index in [1.165, 1.54) is 4.90 Å². The predicted octanol–water partition coefficient (Wildman–Crippen LogP) is 1.77. The molecule has 5 heteroatoms. The summed E-state index contributed by atoms with van der Waals surface area (Å²) in [6, 6.07) is 6.56. The summed E-state index contributed by atoms with van der Waals surface area (Å²) >= 11 is 0. The Morgan fingerprint density at radius 1 is 1.24 bits per heavy atom. The Hall–Kier alpha value is -1.88. The van der Waals surface area contributed by atoms with Gasteiger partial charge in [-0.15, -0.1) is 0 Å². The molecule has 5 nitrogen and oxygen atoms in total. The van der Waals surface area contributed by atoms with E-state index in [2.05, 4.69) is 0 Å². The summed E-state index contributed by atoms with van der Waals surface area (Å²) in [7, 11) is 0. The van der Waals surface area contributed by atoms with E-state index in [4.69, 9.17) is 4.74 Å². The van der Waals surface area contributed by atoms with Crippen LogP contribution >= 0.6 is 0 Å². The van der Waals surface area contributed by atoms with Gasteiger partial charge in [-0.2, -0.15) is 0 Å². The summed E-state index contributed by atoms with van der Waals surface area (Å²) < 4.78 is 5.52. The molecule has 0 spiro atoms. The molecule has 1 aromatic rings. The molecule has 0 aliphatic carbocycles. The van der Waals surface area contributed by atoms with Crippen molar-refractivity contribution in [1.29, 1.82) is 0 Å². The lowest BCUT2D eigenvalue weighted by atomic mass is 9.92. The van der Waals surface area contributed by atoms with Crippen molar-refractivity contribution in [3.63, 3.8) is 0 Å². The van der Waals surface area contributed by atoms with Crippen molar-refractivity contribution in [2.45, 2.75) is 37.8 Å². The molecule has 0 radical (unpaired) electrons. The molecular weight excluding hydrogens is 270 g/mol. The zero-order chi connectivity index (χ0) is 14.8. The second-order valence-electron chi connectivity index (χ2n) is 5.58. The van der Waals surface area contributed by atoms with Gasteiger partial charge in [-0.05, 0) is 36.8 Å². The van der Waals surface area contributed by atoms with Crippen LogP contribution in [0.2, 0.25) is 0 Å². The van der Waals surface area contributed by atoms with Crippen molar-refractivity contribution in [2.24, 2.45) is 0 Å². The summed E-state index contributed by atoms with van der Waals surface area (Å²) in [4.78, 5) is 25.8. The van der Waals surface area contributed by atoms with E-state index >= 15 is 0 Å². The number of ether oxygens (including phenoxy) is 1. The molecule has 0 aromatic heterocycles. The number of carboxylic acids is 1. The molecule has 1 fully saturated rings. The van der Waals surface area contributed by atoms with Crippen LogP contribution in [0.25, 0.3) is 0 Å². The quantitative estimate of drug-likeness (QED) is 0.901. The van der Waals surface area contributed by atoms with E-state index in [0.29, 0.717) is 26.0 Å². The van der Waals surface area contributed by atoms with Gasteiger partial charge in [-0.25, -0.2) is 4.79 Å². The van der Waals surface area contributed by atoms with Crippen LogP contribution in [-0.4, -0.2) is 41.1 Å². The molecule has 2 heterocycles. The number of carbonyl (C=O) groups excluding carboxylic acids is 1. The summed E-state index contributed by atoms with van der Waals surface area (Å²) in [5.41, 5.74) is 1.74. The lowest BCUT2D eigenvalue weighted by Crippen LogP contribution is -2.49. The van der Waals surface area contributed by atoms with Crippen molar-refractivity contribution in [3.05, 3.63) is 35.4 Å². The third-order valence-corrected chi connectivity index (χ3v) is 4.26. The first kappa shape index (κ1) is 14.1. The molecule has 2 aliphatic heterocycles. The molecule has 0 saturated carbocycles. The highest BCUT2D eigenvalue weighted by atomic mass is 16.5. The van der Waals surface area contributed by atoms with Crippen LogP contribution in [0.4, 0.5) is 0 Å². The Morgan fingerprint density at radius 3 is 2.76 bits per heavy atom. The van der Waals surface area contributed by atoms with E-state index < -0.39 is 18.1 Å². The normalized spacial score (nSPS) is 25.2. The van der Waals surface area contributed by atoms with Gasteiger partial charge in [-0.1, -0.05) is 24.3 Å². The number of aliphatic carboxylic acids is 1. The third kappa shape index (κ3) is 2.65. The number of amides is 1. The first-order valence-electron chi connectivity index (χ1n) is 7.41. The van der Waals surface area contributed by atoms with Crippen LogP contribution in [-0.2, 0) is 20.7 Å². The van der Waals surface area contributed by atoms with E-state index in [-0.39, 0.29) is 5.91 Å². The van der Waals surface area contributed by atoms with Gasteiger partial charge in [0.2, 0.25) is 0 Å². The SMILES string of the molecule is O=C(O)C1c2ccccc2CCN1C(=O)C1CCCCO1. The summed E-state index contributed by atoms with van der Waals surface area (Å²) in [5, 5.41) is 9.57. The van der Waals surface area contributed by atoms with Crippen LogP contribution in [0.3, 0.4) is 0 Å². The molecule has 2 atom stereocenters. The van der Waals surface area contributed by atoms with Crippen molar-refractivity contribution in [2.75, 3.05) is 13.2 Å². The molecular formula is C16H19NO4. The van der Waals surface area contributed by atoms with Crippen LogP contribution < -0.4 is 0 Å². The number of benzene rings is 1. The molecule has 2 aliphatic rings. The maximum Gasteiger partial charge on any atom is 0.331 e. The monoisotopic (exact) mass is 289 g/mol. The number of hydrogen-bond donors (Lipinski definition) is 1. The van der Waals surface area contributed by atoms with E-state index in [9.17, 15) is 14.7 Å². The first-order valence-corrected chi connectivity index (χ1v) is 7.41. The molecule has 2 unspecified atom stereocenters. The van der Waals surface area contributed by atoms with Crippen LogP contribution in [0.15, 0.2) is 24.3 Å². The van der Waals surface area contributed by atoms with Crippen LogP contribution in [0.1, 0.15) is 36.4 Å². The van der Waals surface area contributed by atoms with Crippen molar-refractivity contribution >= 4 is 11.9 Å². The van der Waals surface area contributed by atoms with Gasteiger partial charge in [0, 0.05) is 13.2 Å². The standard InChI is InChI=1S/C16H19NO4/c18-15(13-7-3-4-10-21-13)17-9-8-11-5-1-2-6-12(11)14(17)16(19)20/h1-2,5-6,13-14H,3-4,7-10H2,(H,19,20). The van der Waals surface area contributed by atoms with E-state index in [1.54, 1.807) is 6.07 Å². The van der Waals surface area contributed by atoms with Gasteiger partial charge < -0.3 is 14.7 Å². The maximum atomic E-state index is 12.6. The van der Waals surface area contributed by atoms with Crippen molar-refractivity contribution < 1.29 is 19.4 Å². The predicted molar refractivity (Wildman–Crippen MR) is 75.8 cm³/mol. The number of nitrogens with zero attached hydrogens (tertiary/aromatic N) is 1. The fraction of sp³-hybridized carbons (Fsp3) is 0.500. The highest BCUT2D eigenvalue weighted by Gasteiger charge is 2.38. The first-order chi connectivity index (χ1) is 10.2. The Kier molecular flexibility index (Phi) is 3.92. The minimum atomic E-state index is -0.980. The van der Waals surface area contributed by atoms with Crippen molar-refractivity contribution in [3.8, 4) is 0 Å². The molecule has 3 rings (SSSR count). The Balaban J connectivity index is 1.88. The lowest BCUT2D eigenvalue weighted by Gasteiger charge is -2.37. The third-order valence-electron chi connectivity index (χ3n) is 4.26. The highest BCUT2D eigenvalue weighted by molar-refractivity contribution is 5.88. The van der Waals surface area contributed by atoms with Gasteiger partial charge in [0.15, 0.2) is 6.04 Å². The molecule has 1 aromatic carbocycles. The fourth-order valence-corrected chi connectivity index (χ4v) is 3.19. The van der Waals surface area contributed by atoms with Gasteiger partial charge >= 0.3 is 5.97 Å². The van der Waals surface area contributed by atoms with Crippen LogP contribution in [0, 0.1) is 0 Å². The van der Waals surface area contributed by atoms with E-state index in [1.807, 2.05) is 18.2 Å². The molecule has 0 bridgehead atoms. The smallest absolute Gasteiger partial charge is 0.331 e. The zero-order valence-corrected chi connectivity index (χ0v) is 11.8. The minimum Gasteiger partial charge on any atom is -0.479 e. The summed E-state index contributed by atoms with van der Waals surface area (Å²) in [6.07, 6.45) is 2.82. The second-order valence-corrected chi connectivity index (χ2v) is 5.58. The number of hydrogen-bond acceptors (Lipinski definition) is 3. The average Bonchev–Trinajstić information content (AvgIpc) is 2.53. The van der Waals surface area contributed by atoms with Gasteiger partial charge in [0.1, 0.15) is 6.10 Å². The van der Waals surface area contributed by atoms with Gasteiger partial charge in [-0.3, -0.25) is 4.79 Å². The molecule has 112 valence electrons. The topological polar surface area (TPSA) is 66.8 Å². The van der Waals surface area contributed by atoms with Gasteiger partial charge in [0.05, 0.1) is 0 Å². The second kappa shape index (κ2) is 5.85. The Bertz CT molecular complexity index is 551. The molecule has 1 amide bonds. The largest absolute Gasteiger partial charge is 0.479 e. The number of carboxylic acid groups (broad SMARTS) is 1. The lowest BCUT2D eigenvalue weighted by molar-refractivity contribution is -0.158. The number of rotatable bonds is 2. The maximum absolute atomic E-state index is 12.6. The number of fused-ring (bicyclic) bond motifs is 1. The van der Waals surface area contributed by atoms with Crippen molar-refractivity contribution in [1.82, 2.24) is 4.90 Å². The van der Waals surface area contributed by atoms with Crippen LogP contribution in [0.5, 0.6) is 0 Å².